The number of nitro groups is 1. The van der Waals surface area contributed by atoms with E-state index in [4.69, 9.17) is 5.73 Å². The summed E-state index contributed by atoms with van der Waals surface area (Å²) in [5.74, 6) is -1.16. The third-order valence-corrected chi connectivity index (χ3v) is 5.33. The Morgan fingerprint density at radius 1 is 1.35 bits per heavy atom. The molecule has 1 amide bonds. The number of aryl methyl sites for hydroxylation is 2. The van der Waals surface area contributed by atoms with Crippen molar-refractivity contribution in [3.8, 4) is 0 Å². The first kappa shape index (κ1) is 19.0. The van der Waals surface area contributed by atoms with Crippen molar-refractivity contribution >= 4 is 21.6 Å². The summed E-state index contributed by atoms with van der Waals surface area (Å²) < 4.78 is 27.3. The van der Waals surface area contributed by atoms with Gasteiger partial charge in [-0.3, -0.25) is 14.9 Å². The lowest BCUT2D eigenvalue weighted by atomic mass is 10.00. The van der Waals surface area contributed by atoms with E-state index in [1.165, 1.54) is 12.1 Å². The van der Waals surface area contributed by atoms with Gasteiger partial charge < -0.3 is 5.73 Å². The highest BCUT2D eigenvalue weighted by molar-refractivity contribution is 7.89. The maximum Gasteiger partial charge on any atom is 0.289 e. The minimum absolute atomic E-state index is 0.340. The van der Waals surface area contributed by atoms with E-state index in [-0.39, 0.29) is 5.92 Å². The molecule has 0 bridgehead atoms. The van der Waals surface area contributed by atoms with E-state index < -0.39 is 37.5 Å². The molecule has 0 saturated heterocycles. The Kier molecular flexibility index (Phi) is 5.84. The Labute approximate surface area is 135 Å². The summed E-state index contributed by atoms with van der Waals surface area (Å²) in [7, 11) is -4.27. The van der Waals surface area contributed by atoms with Gasteiger partial charge in [0, 0.05) is 6.07 Å². The van der Waals surface area contributed by atoms with Gasteiger partial charge in [-0.25, -0.2) is 8.42 Å². The van der Waals surface area contributed by atoms with Crippen molar-refractivity contribution in [3.05, 3.63) is 33.4 Å². The van der Waals surface area contributed by atoms with Crippen molar-refractivity contribution in [3.63, 3.8) is 0 Å². The molecule has 3 N–H and O–H groups in total. The molecule has 0 fully saturated rings. The second-order valence-corrected chi connectivity index (χ2v) is 7.23. The number of nitrogens with zero attached hydrogens (tertiary/aromatic N) is 1. The minimum atomic E-state index is -4.27. The largest absolute Gasteiger partial charge is 0.368 e. The number of benzene rings is 1. The Balaban J connectivity index is 3.41. The predicted molar refractivity (Wildman–Crippen MR) is 85.3 cm³/mol. The van der Waals surface area contributed by atoms with E-state index in [2.05, 4.69) is 4.72 Å². The van der Waals surface area contributed by atoms with Gasteiger partial charge in [0.2, 0.25) is 15.9 Å². The Morgan fingerprint density at radius 2 is 1.87 bits per heavy atom. The molecule has 2 atom stereocenters. The van der Waals surface area contributed by atoms with Crippen LogP contribution in [0.5, 0.6) is 0 Å². The molecule has 9 heteroatoms. The van der Waals surface area contributed by atoms with E-state index in [0.717, 1.165) is 0 Å². The van der Waals surface area contributed by atoms with Crippen LogP contribution in [0.15, 0.2) is 17.0 Å². The van der Waals surface area contributed by atoms with Gasteiger partial charge in [0.1, 0.15) is 6.04 Å². The summed E-state index contributed by atoms with van der Waals surface area (Å²) in [6, 6.07) is 1.29. The van der Waals surface area contributed by atoms with Crippen LogP contribution in [0.2, 0.25) is 0 Å². The lowest BCUT2D eigenvalue weighted by molar-refractivity contribution is -0.387. The van der Waals surface area contributed by atoms with E-state index in [1.807, 2.05) is 0 Å². The van der Waals surface area contributed by atoms with Crippen LogP contribution in [0.25, 0.3) is 0 Å². The van der Waals surface area contributed by atoms with Crippen LogP contribution in [0.4, 0.5) is 5.69 Å². The fourth-order valence-electron chi connectivity index (χ4n) is 2.05. The Morgan fingerprint density at radius 3 is 2.30 bits per heavy atom. The molecule has 1 aromatic rings. The molecule has 0 saturated carbocycles. The maximum absolute atomic E-state index is 12.5. The predicted octanol–water partition coefficient (Wildman–Crippen LogP) is 1.39. The number of nitrogens with two attached hydrogens (primary N) is 1. The van der Waals surface area contributed by atoms with Crippen molar-refractivity contribution in [2.45, 2.75) is 45.1 Å². The molecule has 0 aliphatic rings. The molecule has 1 aromatic carbocycles. The van der Waals surface area contributed by atoms with Crippen LogP contribution in [-0.2, 0) is 14.8 Å². The highest BCUT2D eigenvalue weighted by Crippen LogP contribution is 2.27. The molecule has 23 heavy (non-hydrogen) atoms. The van der Waals surface area contributed by atoms with Crippen molar-refractivity contribution in [2.24, 2.45) is 11.7 Å². The van der Waals surface area contributed by atoms with Crippen LogP contribution in [0.3, 0.4) is 0 Å². The normalized spacial score (nSPS) is 14.3. The summed E-state index contributed by atoms with van der Waals surface area (Å²) in [6.07, 6.45) is 0.519. The van der Waals surface area contributed by atoms with Gasteiger partial charge in [-0.1, -0.05) is 20.3 Å². The zero-order chi connectivity index (χ0) is 17.9. The fourth-order valence-corrected chi connectivity index (χ4v) is 3.60. The van der Waals surface area contributed by atoms with Gasteiger partial charge in [0.05, 0.1) is 4.92 Å². The van der Waals surface area contributed by atoms with Crippen LogP contribution in [0, 0.1) is 29.9 Å². The fraction of sp³-hybridized carbons (Fsp3) is 0.500. The number of carbonyl (C=O) groups is 1. The second kappa shape index (κ2) is 7.05. The molecule has 128 valence electrons. The molecule has 0 aliphatic carbocycles. The summed E-state index contributed by atoms with van der Waals surface area (Å²) in [6.45, 7) is 6.76. The van der Waals surface area contributed by atoms with Crippen LogP contribution in [-0.4, -0.2) is 25.3 Å². The summed E-state index contributed by atoms with van der Waals surface area (Å²) in [5.41, 5.74) is 5.91. The Hall–Kier alpha value is -2.00. The molecular formula is C14H21N3O5S. The summed E-state index contributed by atoms with van der Waals surface area (Å²) in [5, 5.41) is 11.2. The third kappa shape index (κ3) is 4.26. The number of rotatable bonds is 7. The van der Waals surface area contributed by atoms with E-state index in [1.54, 1.807) is 27.7 Å². The first-order valence-corrected chi connectivity index (χ1v) is 8.56. The lowest BCUT2D eigenvalue weighted by Crippen LogP contribution is -2.48. The SMILES string of the molecule is CCC(C)C(NS(=O)(=O)c1cc(C)c(C)cc1[N+](=O)[O-])C(N)=O. The first-order valence-electron chi connectivity index (χ1n) is 7.08. The smallest absolute Gasteiger partial charge is 0.289 e. The molecule has 8 nitrogen and oxygen atoms in total. The molecular weight excluding hydrogens is 322 g/mol. The van der Waals surface area contributed by atoms with Gasteiger partial charge in [0.15, 0.2) is 4.90 Å². The highest BCUT2D eigenvalue weighted by Gasteiger charge is 2.32. The number of primary amides is 1. The van der Waals surface area contributed by atoms with Crippen molar-refractivity contribution in [1.82, 2.24) is 4.72 Å². The molecule has 0 aliphatic heterocycles. The van der Waals surface area contributed by atoms with E-state index in [9.17, 15) is 23.3 Å². The Bertz CT molecular complexity index is 730. The average molecular weight is 343 g/mol. The number of nitrogens with one attached hydrogen (secondary N) is 1. The standard InChI is InChI=1S/C14H21N3O5S/c1-5-8(2)13(14(15)18)16-23(21,22)12-7-10(4)9(3)6-11(12)17(19)20/h6-8,13,16H,5H2,1-4H3,(H2,15,18). The lowest BCUT2D eigenvalue weighted by Gasteiger charge is -2.21. The third-order valence-electron chi connectivity index (χ3n) is 3.86. The van der Waals surface area contributed by atoms with Gasteiger partial charge in [-0.2, -0.15) is 4.72 Å². The van der Waals surface area contributed by atoms with Crippen molar-refractivity contribution in [2.75, 3.05) is 0 Å². The molecule has 1 rings (SSSR count). The zero-order valence-electron chi connectivity index (χ0n) is 13.5. The number of hydrogen-bond acceptors (Lipinski definition) is 5. The van der Waals surface area contributed by atoms with Gasteiger partial charge in [-0.15, -0.1) is 0 Å². The maximum atomic E-state index is 12.5. The first-order chi connectivity index (χ1) is 10.5. The summed E-state index contributed by atoms with van der Waals surface area (Å²) in [4.78, 5) is 21.4. The van der Waals surface area contributed by atoms with Crippen LogP contribution < -0.4 is 10.5 Å². The average Bonchev–Trinajstić information content (AvgIpc) is 2.45. The minimum Gasteiger partial charge on any atom is -0.368 e. The number of sulfonamides is 1. The van der Waals surface area contributed by atoms with E-state index >= 15 is 0 Å². The molecule has 0 heterocycles. The number of hydrogen-bond donors (Lipinski definition) is 2. The van der Waals surface area contributed by atoms with Crippen LogP contribution >= 0.6 is 0 Å². The van der Waals surface area contributed by atoms with E-state index in [0.29, 0.717) is 17.5 Å². The van der Waals surface area contributed by atoms with Crippen molar-refractivity contribution in [1.29, 1.82) is 0 Å². The molecule has 2 unspecified atom stereocenters. The summed E-state index contributed by atoms with van der Waals surface area (Å²) >= 11 is 0. The molecule has 0 aromatic heterocycles. The molecule has 0 spiro atoms. The van der Waals surface area contributed by atoms with Crippen LogP contribution in [0.1, 0.15) is 31.4 Å². The second-order valence-electron chi connectivity index (χ2n) is 5.55. The van der Waals surface area contributed by atoms with Gasteiger partial charge in [-0.05, 0) is 37.0 Å². The number of carbonyl (C=O) groups excluding carboxylic acids is 1. The van der Waals surface area contributed by atoms with Crippen molar-refractivity contribution < 1.29 is 18.1 Å². The number of amides is 1. The topological polar surface area (TPSA) is 132 Å². The molecule has 0 radical (unpaired) electrons. The monoisotopic (exact) mass is 343 g/mol. The highest BCUT2D eigenvalue weighted by atomic mass is 32.2. The zero-order valence-corrected chi connectivity index (χ0v) is 14.3. The van der Waals surface area contributed by atoms with Gasteiger partial charge >= 0.3 is 0 Å². The number of nitro benzene ring substituents is 1. The van der Waals surface area contributed by atoms with Gasteiger partial charge in [0.25, 0.3) is 5.69 Å². The quantitative estimate of drug-likeness (QED) is 0.570.